The minimum absolute atomic E-state index is 0.0531. The van der Waals surface area contributed by atoms with E-state index < -0.39 is 11.6 Å². The van der Waals surface area contributed by atoms with Gasteiger partial charge >= 0.3 is 0 Å². The van der Waals surface area contributed by atoms with Crippen LogP contribution < -0.4 is 21.5 Å². The van der Waals surface area contributed by atoms with Gasteiger partial charge < -0.3 is 26.3 Å². The highest BCUT2D eigenvalue weighted by atomic mass is 79.9. The van der Waals surface area contributed by atoms with Crippen LogP contribution in [0.2, 0.25) is 0 Å². The van der Waals surface area contributed by atoms with Crippen molar-refractivity contribution in [1.82, 2.24) is 0 Å². The van der Waals surface area contributed by atoms with Gasteiger partial charge in [0, 0.05) is 6.08 Å². The van der Waals surface area contributed by atoms with E-state index in [9.17, 15) is 4.79 Å². The molecule has 0 saturated carbocycles. The third-order valence-corrected chi connectivity index (χ3v) is 4.45. The Morgan fingerprint density at radius 2 is 2.09 bits per heavy atom. The number of halogens is 1. The zero-order valence-corrected chi connectivity index (χ0v) is 14.7. The molecule has 1 aromatic carbocycles. The molecular formula is C16H18BrN3O3. The lowest BCUT2D eigenvalue weighted by Gasteiger charge is -2.31. The lowest BCUT2D eigenvalue weighted by molar-refractivity contribution is -0.116. The van der Waals surface area contributed by atoms with E-state index in [2.05, 4.69) is 35.1 Å². The summed E-state index contributed by atoms with van der Waals surface area (Å²) in [6, 6.07) is 3.99. The fraction of sp³-hybridized carbons (Fsp3) is 0.312. The number of benzene rings is 1. The Labute approximate surface area is 142 Å². The summed E-state index contributed by atoms with van der Waals surface area (Å²) in [4.78, 5) is 11.9. The highest BCUT2D eigenvalue weighted by Gasteiger charge is 2.48. The molecule has 1 atom stereocenters. The zero-order valence-electron chi connectivity index (χ0n) is 13.1. The second kappa shape index (κ2) is 5.19. The molecular weight excluding hydrogens is 362 g/mol. The number of fused-ring (bicyclic) bond motifs is 1. The Bertz CT molecular complexity index is 770. The van der Waals surface area contributed by atoms with Crippen LogP contribution >= 0.6 is 15.9 Å². The molecule has 122 valence electrons. The number of hydrogen-bond donors (Lipinski definition) is 3. The quantitative estimate of drug-likeness (QED) is 0.733. The molecule has 2 aliphatic heterocycles. The van der Waals surface area contributed by atoms with Gasteiger partial charge in [-0.25, -0.2) is 0 Å². The van der Waals surface area contributed by atoms with E-state index in [-0.39, 0.29) is 11.5 Å². The molecule has 3 rings (SSSR count). The van der Waals surface area contributed by atoms with Crippen molar-refractivity contribution in [1.29, 1.82) is 0 Å². The SMILES string of the molecule is CC1=CC2(Nc3cc(C(C)C)cc(Br)c3O2)C(C(N)=O)=C(N)O1. The van der Waals surface area contributed by atoms with Crippen molar-refractivity contribution in [3.8, 4) is 5.75 Å². The van der Waals surface area contributed by atoms with E-state index in [1.54, 1.807) is 13.0 Å². The smallest absolute Gasteiger partial charge is 0.256 e. The van der Waals surface area contributed by atoms with Crippen LogP contribution in [0.15, 0.2) is 39.9 Å². The van der Waals surface area contributed by atoms with Gasteiger partial charge in [0.15, 0.2) is 5.75 Å². The van der Waals surface area contributed by atoms with Gasteiger partial charge in [0.05, 0.1) is 10.2 Å². The molecule has 7 heteroatoms. The van der Waals surface area contributed by atoms with Crippen molar-refractivity contribution in [2.24, 2.45) is 11.5 Å². The standard InChI is InChI=1S/C16H18BrN3O3/c1-7(2)9-4-10(17)13-11(5-9)20-16(23-13)6-8(3)22-15(19)12(16)14(18)21/h4-7,20H,19H2,1-3H3,(H2,18,21). The van der Waals surface area contributed by atoms with Gasteiger partial charge in [-0.1, -0.05) is 13.8 Å². The van der Waals surface area contributed by atoms with Crippen LogP contribution in [0.4, 0.5) is 5.69 Å². The molecule has 1 aromatic rings. The van der Waals surface area contributed by atoms with Crippen molar-refractivity contribution in [3.63, 3.8) is 0 Å². The number of allylic oxidation sites excluding steroid dienone is 1. The number of carbonyl (C=O) groups excluding carboxylic acids is 1. The summed E-state index contributed by atoms with van der Waals surface area (Å²) in [5.74, 6) is 0.711. The molecule has 5 N–H and O–H groups in total. The summed E-state index contributed by atoms with van der Waals surface area (Å²) in [7, 11) is 0. The Kier molecular flexibility index (Phi) is 3.55. The maximum atomic E-state index is 11.9. The van der Waals surface area contributed by atoms with Gasteiger partial charge in [-0.3, -0.25) is 4.79 Å². The summed E-state index contributed by atoms with van der Waals surface area (Å²) in [6.45, 7) is 5.94. The predicted octanol–water partition coefficient (Wildman–Crippen LogP) is 2.66. The minimum atomic E-state index is -1.25. The van der Waals surface area contributed by atoms with Gasteiger partial charge in [-0.2, -0.15) is 0 Å². The summed E-state index contributed by atoms with van der Waals surface area (Å²) >= 11 is 3.52. The van der Waals surface area contributed by atoms with E-state index >= 15 is 0 Å². The Balaban J connectivity index is 2.13. The first-order valence-corrected chi connectivity index (χ1v) is 8.01. The molecule has 0 saturated heterocycles. The summed E-state index contributed by atoms with van der Waals surface area (Å²) in [5, 5.41) is 3.23. The van der Waals surface area contributed by atoms with Crippen LogP contribution in [0, 0.1) is 0 Å². The molecule has 1 amide bonds. The minimum Gasteiger partial charge on any atom is -0.456 e. The second-order valence-corrected chi connectivity index (χ2v) is 6.81. The lowest BCUT2D eigenvalue weighted by atomic mass is 9.99. The van der Waals surface area contributed by atoms with Crippen molar-refractivity contribution in [2.45, 2.75) is 32.4 Å². The number of primary amides is 1. The first-order chi connectivity index (χ1) is 10.7. The monoisotopic (exact) mass is 379 g/mol. The zero-order chi connectivity index (χ0) is 16.9. The molecule has 6 nitrogen and oxygen atoms in total. The largest absolute Gasteiger partial charge is 0.456 e. The van der Waals surface area contributed by atoms with Crippen LogP contribution in [-0.2, 0) is 9.53 Å². The van der Waals surface area contributed by atoms with Gasteiger partial charge in [0.2, 0.25) is 11.6 Å². The van der Waals surface area contributed by atoms with E-state index in [1.165, 1.54) is 0 Å². The first kappa shape index (κ1) is 15.7. The van der Waals surface area contributed by atoms with Crippen molar-refractivity contribution in [3.05, 3.63) is 45.5 Å². The number of ether oxygens (including phenoxy) is 2. The van der Waals surface area contributed by atoms with E-state index in [0.29, 0.717) is 17.4 Å². The molecule has 0 aliphatic carbocycles. The average molecular weight is 380 g/mol. The van der Waals surface area contributed by atoms with Crippen LogP contribution in [0.1, 0.15) is 32.3 Å². The molecule has 2 heterocycles. The number of amides is 1. The fourth-order valence-electron chi connectivity index (χ4n) is 2.81. The van der Waals surface area contributed by atoms with E-state index in [0.717, 1.165) is 15.7 Å². The van der Waals surface area contributed by atoms with Crippen LogP contribution in [0.3, 0.4) is 0 Å². The normalized spacial score (nSPS) is 22.4. The number of nitrogens with two attached hydrogens (primary N) is 2. The molecule has 23 heavy (non-hydrogen) atoms. The number of nitrogens with one attached hydrogen (secondary N) is 1. The topological polar surface area (TPSA) is 99.6 Å². The molecule has 1 unspecified atom stereocenters. The van der Waals surface area contributed by atoms with E-state index in [4.69, 9.17) is 20.9 Å². The molecule has 0 aromatic heterocycles. The maximum Gasteiger partial charge on any atom is 0.256 e. The first-order valence-electron chi connectivity index (χ1n) is 7.21. The third kappa shape index (κ3) is 2.45. The van der Waals surface area contributed by atoms with Crippen LogP contribution in [0.5, 0.6) is 5.75 Å². The molecule has 1 spiro atoms. The Hall–Kier alpha value is -2.15. The Morgan fingerprint density at radius 3 is 2.70 bits per heavy atom. The summed E-state index contributed by atoms with van der Waals surface area (Å²) in [5.41, 5.74) is 12.1. The summed E-state index contributed by atoms with van der Waals surface area (Å²) < 4.78 is 12.2. The van der Waals surface area contributed by atoms with Gasteiger partial charge in [-0.05, 0) is 46.5 Å². The van der Waals surface area contributed by atoms with Crippen LogP contribution in [0.25, 0.3) is 0 Å². The fourth-order valence-corrected chi connectivity index (χ4v) is 3.37. The van der Waals surface area contributed by atoms with Crippen LogP contribution in [-0.4, -0.2) is 11.6 Å². The third-order valence-electron chi connectivity index (χ3n) is 3.86. The van der Waals surface area contributed by atoms with Gasteiger partial charge in [0.25, 0.3) is 5.91 Å². The van der Waals surface area contributed by atoms with Gasteiger partial charge in [0.1, 0.15) is 11.3 Å². The van der Waals surface area contributed by atoms with Gasteiger partial charge in [-0.15, -0.1) is 0 Å². The number of rotatable bonds is 2. The molecule has 0 radical (unpaired) electrons. The lowest BCUT2D eigenvalue weighted by Crippen LogP contribution is -2.48. The highest BCUT2D eigenvalue weighted by Crippen LogP contribution is 2.48. The second-order valence-electron chi connectivity index (χ2n) is 5.96. The number of hydrogen-bond acceptors (Lipinski definition) is 5. The Morgan fingerprint density at radius 1 is 1.39 bits per heavy atom. The molecule has 0 bridgehead atoms. The number of carbonyl (C=O) groups is 1. The number of anilines is 1. The predicted molar refractivity (Wildman–Crippen MR) is 90.5 cm³/mol. The van der Waals surface area contributed by atoms with E-state index in [1.807, 2.05) is 12.1 Å². The van der Waals surface area contributed by atoms with Crippen molar-refractivity contribution in [2.75, 3.05) is 5.32 Å². The highest BCUT2D eigenvalue weighted by molar-refractivity contribution is 9.10. The molecule has 0 fully saturated rings. The summed E-state index contributed by atoms with van der Waals surface area (Å²) in [6.07, 6.45) is 1.66. The van der Waals surface area contributed by atoms with Crippen molar-refractivity contribution < 1.29 is 14.3 Å². The average Bonchev–Trinajstić information content (AvgIpc) is 2.75. The van der Waals surface area contributed by atoms with Crippen molar-refractivity contribution >= 4 is 27.5 Å². The molecule has 2 aliphatic rings. The maximum absolute atomic E-state index is 11.9.